The quantitative estimate of drug-likeness (QED) is 0.490. The Morgan fingerprint density at radius 1 is 1.18 bits per heavy atom. The fourth-order valence-corrected chi connectivity index (χ4v) is 0.811. The van der Waals surface area contributed by atoms with Gasteiger partial charge in [-0.1, -0.05) is 32.9 Å². The van der Waals surface area contributed by atoms with Gasteiger partial charge in [-0.3, -0.25) is 0 Å². The Morgan fingerprint density at radius 2 is 1.82 bits per heavy atom. The highest BCUT2D eigenvalue weighted by molar-refractivity contribution is 4.91. The van der Waals surface area contributed by atoms with Gasteiger partial charge < -0.3 is 5.11 Å². The van der Waals surface area contributed by atoms with Crippen molar-refractivity contribution in [3.63, 3.8) is 0 Å². The summed E-state index contributed by atoms with van der Waals surface area (Å²) in [6, 6.07) is 0. The Kier molecular flexibility index (Phi) is 5.22. The minimum absolute atomic E-state index is 0.305. The average molecular weight is 156 g/mol. The van der Waals surface area contributed by atoms with Crippen LogP contribution in [0.15, 0.2) is 12.2 Å². The van der Waals surface area contributed by atoms with Crippen molar-refractivity contribution >= 4 is 0 Å². The zero-order valence-electron chi connectivity index (χ0n) is 7.93. The van der Waals surface area contributed by atoms with Crippen LogP contribution >= 0.6 is 0 Å². The maximum Gasteiger partial charge on any atom is 0.0431 e. The molecule has 0 saturated heterocycles. The molecule has 0 aliphatic rings. The lowest BCUT2D eigenvalue weighted by Gasteiger charge is -2.10. The third-order valence-corrected chi connectivity index (χ3v) is 1.40. The average Bonchev–Trinajstić information content (AvgIpc) is 1.85. The highest BCUT2D eigenvalue weighted by Gasteiger charge is 2.02. The third kappa shape index (κ3) is 9.70. The Balaban J connectivity index is 3.30. The van der Waals surface area contributed by atoms with E-state index in [1.165, 1.54) is 0 Å². The smallest absolute Gasteiger partial charge is 0.0431 e. The standard InChI is InChI=1S/C10H20O/c1-10(2,3)8-6-4-5-7-9-11/h6,8,11H,4-5,7,9H2,1-3H3/b8-6+. The molecular formula is C10H20O. The maximum absolute atomic E-state index is 8.50. The Labute approximate surface area is 70.1 Å². The van der Waals surface area contributed by atoms with Crippen molar-refractivity contribution in [1.29, 1.82) is 0 Å². The molecule has 0 radical (unpaired) electrons. The van der Waals surface area contributed by atoms with Gasteiger partial charge in [-0.2, -0.15) is 0 Å². The van der Waals surface area contributed by atoms with Crippen molar-refractivity contribution in [1.82, 2.24) is 0 Å². The van der Waals surface area contributed by atoms with Gasteiger partial charge in [-0.25, -0.2) is 0 Å². The van der Waals surface area contributed by atoms with Crippen LogP contribution in [-0.4, -0.2) is 11.7 Å². The van der Waals surface area contributed by atoms with Crippen molar-refractivity contribution in [2.24, 2.45) is 5.41 Å². The van der Waals surface area contributed by atoms with Gasteiger partial charge in [0.25, 0.3) is 0 Å². The van der Waals surface area contributed by atoms with Gasteiger partial charge in [0.05, 0.1) is 0 Å². The van der Waals surface area contributed by atoms with Crippen LogP contribution in [0, 0.1) is 5.41 Å². The lowest BCUT2D eigenvalue weighted by atomic mass is 9.96. The number of hydrogen-bond acceptors (Lipinski definition) is 1. The minimum Gasteiger partial charge on any atom is -0.396 e. The zero-order valence-corrected chi connectivity index (χ0v) is 7.93. The van der Waals surface area contributed by atoms with E-state index >= 15 is 0 Å². The first kappa shape index (κ1) is 10.7. The summed E-state index contributed by atoms with van der Waals surface area (Å²) < 4.78 is 0. The highest BCUT2D eigenvalue weighted by atomic mass is 16.2. The van der Waals surface area contributed by atoms with Crippen molar-refractivity contribution in [3.05, 3.63) is 12.2 Å². The molecule has 0 aromatic heterocycles. The molecule has 0 unspecified atom stereocenters. The minimum atomic E-state index is 0.305. The molecule has 0 aromatic carbocycles. The highest BCUT2D eigenvalue weighted by Crippen LogP contribution is 2.15. The molecule has 0 saturated carbocycles. The van der Waals surface area contributed by atoms with Crippen LogP contribution < -0.4 is 0 Å². The van der Waals surface area contributed by atoms with E-state index in [-0.39, 0.29) is 0 Å². The van der Waals surface area contributed by atoms with E-state index in [4.69, 9.17) is 5.11 Å². The first-order valence-electron chi connectivity index (χ1n) is 4.35. The summed E-state index contributed by atoms with van der Waals surface area (Å²) in [4.78, 5) is 0. The molecule has 0 aliphatic carbocycles. The molecule has 1 N–H and O–H groups in total. The summed E-state index contributed by atoms with van der Waals surface area (Å²) >= 11 is 0. The molecule has 0 heterocycles. The maximum atomic E-state index is 8.50. The molecule has 0 amide bonds. The zero-order chi connectivity index (χ0) is 8.74. The number of aliphatic hydroxyl groups excluding tert-OH is 1. The van der Waals surface area contributed by atoms with Crippen LogP contribution in [0.25, 0.3) is 0 Å². The van der Waals surface area contributed by atoms with Gasteiger partial charge in [0.1, 0.15) is 0 Å². The topological polar surface area (TPSA) is 20.2 Å². The first-order chi connectivity index (χ1) is 5.06. The van der Waals surface area contributed by atoms with Crippen LogP contribution in [-0.2, 0) is 0 Å². The van der Waals surface area contributed by atoms with E-state index in [0.717, 1.165) is 19.3 Å². The summed E-state index contributed by atoms with van der Waals surface area (Å²) in [6.45, 7) is 6.89. The van der Waals surface area contributed by atoms with Crippen LogP contribution in [0.1, 0.15) is 40.0 Å². The predicted molar refractivity (Wildman–Crippen MR) is 49.5 cm³/mol. The van der Waals surface area contributed by atoms with E-state index in [2.05, 4.69) is 32.9 Å². The summed E-state index contributed by atoms with van der Waals surface area (Å²) in [5, 5.41) is 8.50. The second-order valence-corrected chi connectivity index (χ2v) is 3.99. The number of unbranched alkanes of at least 4 members (excludes halogenated alkanes) is 2. The Hall–Kier alpha value is -0.300. The molecule has 0 bridgehead atoms. The molecule has 11 heavy (non-hydrogen) atoms. The monoisotopic (exact) mass is 156 g/mol. The van der Waals surface area contributed by atoms with Crippen molar-refractivity contribution in [2.75, 3.05) is 6.61 Å². The fourth-order valence-electron chi connectivity index (χ4n) is 0.811. The molecule has 1 heteroatoms. The SMILES string of the molecule is CC(C)(C)/C=C/CCCCO. The van der Waals surface area contributed by atoms with Crippen LogP contribution in [0.4, 0.5) is 0 Å². The molecule has 0 spiro atoms. The number of allylic oxidation sites excluding steroid dienone is 2. The van der Waals surface area contributed by atoms with Crippen LogP contribution in [0.2, 0.25) is 0 Å². The fraction of sp³-hybridized carbons (Fsp3) is 0.800. The second kappa shape index (κ2) is 5.36. The Morgan fingerprint density at radius 3 is 2.27 bits per heavy atom. The van der Waals surface area contributed by atoms with E-state index in [9.17, 15) is 0 Å². The van der Waals surface area contributed by atoms with E-state index in [1.807, 2.05) is 0 Å². The number of hydrogen-bond donors (Lipinski definition) is 1. The van der Waals surface area contributed by atoms with Crippen molar-refractivity contribution in [3.8, 4) is 0 Å². The van der Waals surface area contributed by atoms with Gasteiger partial charge in [0, 0.05) is 6.61 Å². The summed E-state index contributed by atoms with van der Waals surface area (Å²) in [5.74, 6) is 0. The second-order valence-electron chi connectivity index (χ2n) is 3.99. The number of aliphatic hydroxyl groups is 1. The number of rotatable bonds is 4. The van der Waals surface area contributed by atoms with Gasteiger partial charge in [0.2, 0.25) is 0 Å². The van der Waals surface area contributed by atoms with Gasteiger partial charge in [-0.05, 0) is 24.7 Å². The van der Waals surface area contributed by atoms with Gasteiger partial charge in [-0.15, -0.1) is 0 Å². The summed E-state index contributed by atoms with van der Waals surface area (Å²) in [5.41, 5.74) is 0.305. The lowest BCUT2D eigenvalue weighted by Crippen LogP contribution is -1.98. The predicted octanol–water partition coefficient (Wildman–Crippen LogP) is 2.75. The molecule has 0 aliphatic heterocycles. The summed E-state index contributed by atoms with van der Waals surface area (Å²) in [7, 11) is 0. The van der Waals surface area contributed by atoms with E-state index < -0.39 is 0 Å². The van der Waals surface area contributed by atoms with Gasteiger partial charge >= 0.3 is 0 Å². The van der Waals surface area contributed by atoms with E-state index in [1.54, 1.807) is 0 Å². The van der Waals surface area contributed by atoms with Crippen molar-refractivity contribution < 1.29 is 5.11 Å². The van der Waals surface area contributed by atoms with E-state index in [0.29, 0.717) is 12.0 Å². The first-order valence-corrected chi connectivity index (χ1v) is 4.35. The molecule has 0 aromatic rings. The third-order valence-electron chi connectivity index (χ3n) is 1.40. The summed E-state index contributed by atoms with van der Waals surface area (Å²) in [6.07, 6.45) is 7.55. The van der Waals surface area contributed by atoms with Crippen LogP contribution in [0.3, 0.4) is 0 Å². The molecule has 0 atom stereocenters. The molecule has 0 rings (SSSR count). The molecule has 66 valence electrons. The van der Waals surface area contributed by atoms with Crippen molar-refractivity contribution in [2.45, 2.75) is 40.0 Å². The largest absolute Gasteiger partial charge is 0.396 e. The Bertz CT molecular complexity index is 109. The normalized spacial score (nSPS) is 12.7. The molecule has 0 fully saturated rings. The van der Waals surface area contributed by atoms with Gasteiger partial charge in [0.15, 0.2) is 0 Å². The van der Waals surface area contributed by atoms with Crippen LogP contribution in [0.5, 0.6) is 0 Å². The molecule has 1 nitrogen and oxygen atoms in total. The molecular weight excluding hydrogens is 136 g/mol. The lowest BCUT2D eigenvalue weighted by molar-refractivity contribution is 0.285.